The monoisotopic (exact) mass is 236 g/mol. The maximum absolute atomic E-state index is 13.1. The number of aryl methyl sites for hydroxylation is 1. The van der Waals surface area contributed by atoms with Gasteiger partial charge in [0.15, 0.2) is 0 Å². The van der Waals surface area contributed by atoms with Crippen LogP contribution in [-0.2, 0) is 6.42 Å². The molecular weight excluding hydrogens is 215 g/mol. The fourth-order valence-corrected chi connectivity index (χ4v) is 2.83. The van der Waals surface area contributed by atoms with Crippen molar-refractivity contribution in [1.82, 2.24) is 0 Å². The molecule has 2 rings (SSSR count). The molecular formula is C15H21FO. The molecule has 94 valence electrons. The number of hydrogen-bond donors (Lipinski definition) is 1. The van der Waals surface area contributed by atoms with E-state index < -0.39 is 0 Å². The van der Waals surface area contributed by atoms with Gasteiger partial charge in [-0.3, -0.25) is 0 Å². The molecule has 0 aromatic heterocycles. The second kappa shape index (κ2) is 5.63. The Hall–Kier alpha value is -0.890. The van der Waals surface area contributed by atoms with Crippen LogP contribution in [-0.4, -0.2) is 11.2 Å². The summed E-state index contributed by atoms with van der Waals surface area (Å²) >= 11 is 0. The summed E-state index contributed by atoms with van der Waals surface area (Å²) in [4.78, 5) is 0. The Morgan fingerprint density at radius 1 is 1.35 bits per heavy atom. The van der Waals surface area contributed by atoms with E-state index >= 15 is 0 Å². The average molecular weight is 236 g/mol. The van der Waals surface area contributed by atoms with E-state index in [-0.39, 0.29) is 11.9 Å². The van der Waals surface area contributed by atoms with E-state index in [0.717, 1.165) is 17.5 Å². The summed E-state index contributed by atoms with van der Waals surface area (Å²) in [5.74, 6) is 0.470. The number of aliphatic hydroxyl groups excluding tert-OH is 1. The molecule has 1 saturated carbocycles. The molecule has 0 heterocycles. The second-order valence-corrected chi connectivity index (χ2v) is 5.31. The summed E-state index contributed by atoms with van der Waals surface area (Å²) in [7, 11) is 0. The van der Waals surface area contributed by atoms with Gasteiger partial charge in [-0.05, 0) is 48.9 Å². The molecule has 1 atom stereocenters. The fraction of sp³-hybridized carbons (Fsp3) is 0.600. The van der Waals surface area contributed by atoms with Gasteiger partial charge in [0.05, 0.1) is 6.10 Å². The first-order valence-corrected chi connectivity index (χ1v) is 6.58. The molecule has 1 aliphatic carbocycles. The van der Waals surface area contributed by atoms with Gasteiger partial charge in [0, 0.05) is 0 Å². The molecule has 1 aromatic rings. The predicted octanol–water partition coefficient (Wildman–Crippen LogP) is 3.62. The number of aliphatic hydroxyl groups is 1. The van der Waals surface area contributed by atoms with E-state index in [0.29, 0.717) is 12.3 Å². The minimum atomic E-state index is -0.321. The highest BCUT2D eigenvalue weighted by atomic mass is 19.1. The highest BCUT2D eigenvalue weighted by molar-refractivity contribution is 5.27. The van der Waals surface area contributed by atoms with E-state index in [1.807, 2.05) is 6.92 Å². The third-order valence-electron chi connectivity index (χ3n) is 3.85. The highest BCUT2D eigenvalue weighted by Gasteiger charge is 2.19. The summed E-state index contributed by atoms with van der Waals surface area (Å²) in [5.41, 5.74) is 2.01. The summed E-state index contributed by atoms with van der Waals surface area (Å²) in [5, 5.41) is 10.1. The highest BCUT2D eigenvalue weighted by Crippen LogP contribution is 2.29. The van der Waals surface area contributed by atoms with E-state index in [9.17, 15) is 9.50 Å². The maximum Gasteiger partial charge on any atom is 0.123 e. The number of benzene rings is 1. The lowest BCUT2D eigenvalue weighted by molar-refractivity contribution is 0.143. The molecule has 0 radical (unpaired) electrons. The van der Waals surface area contributed by atoms with Crippen molar-refractivity contribution >= 4 is 0 Å². The quantitative estimate of drug-likeness (QED) is 0.846. The van der Waals surface area contributed by atoms with Crippen LogP contribution in [0.5, 0.6) is 0 Å². The van der Waals surface area contributed by atoms with E-state index in [4.69, 9.17) is 0 Å². The Balaban J connectivity index is 1.92. The van der Waals surface area contributed by atoms with E-state index in [1.165, 1.54) is 31.7 Å². The number of hydrogen-bond acceptors (Lipinski definition) is 1. The summed E-state index contributed by atoms with van der Waals surface area (Å²) in [6.07, 6.45) is 6.24. The number of halogens is 1. The van der Waals surface area contributed by atoms with Gasteiger partial charge in [0.25, 0.3) is 0 Å². The Bertz CT molecular complexity index is 369. The zero-order valence-electron chi connectivity index (χ0n) is 10.5. The molecule has 1 aromatic carbocycles. The van der Waals surface area contributed by atoms with Gasteiger partial charge >= 0.3 is 0 Å². The second-order valence-electron chi connectivity index (χ2n) is 5.31. The van der Waals surface area contributed by atoms with Crippen molar-refractivity contribution < 1.29 is 9.50 Å². The lowest BCUT2D eigenvalue weighted by Gasteiger charge is -2.16. The Morgan fingerprint density at radius 2 is 2.06 bits per heavy atom. The van der Waals surface area contributed by atoms with Crippen LogP contribution in [0, 0.1) is 18.7 Å². The van der Waals surface area contributed by atoms with Crippen molar-refractivity contribution in [2.24, 2.45) is 5.92 Å². The molecule has 1 nitrogen and oxygen atoms in total. The predicted molar refractivity (Wildman–Crippen MR) is 67.4 cm³/mol. The van der Waals surface area contributed by atoms with E-state index in [1.54, 1.807) is 12.1 Å². The molecule has 0 spiro atoms. The molecule has 1 fully saturated rings. The van der Waals surface area contributed by atoms with Gasteiger partial charge in [0.1, 0.15) is 5.82 Å². The summed E-state index contributed by atoms with van der Waals surface area (Å²) < 4.78 is 13.1. The molecule has 0 bridgehead atoms. The largest absolute Gasteiger partial charge is 0.393 e. The topological polar surface area (TPSA) is 20.2 Å². The normalized spacial score (nSPS) is 18.5. The molecule has 1 aliphatic rings. The van der Waals surface area contributed by atoms with Crippen LogP contribution < -0.4 is 0 Å². The fourth-order valence-electron chi connectivity index (χ4n) is 2.83. The maximum atomic E-state index is 13.1. The van der Waals surface area contributed by atoms with Gasteiger partial charge in [-0.2, -0.15) is 0 Å². The van der Waals surface area contributed by atoms with Gasteiger partial charge in [-0.25, -0.2) is 4.39 Å². The molecule has 0 amide bonds. The van der Waals surface area contributed by atoms with Crippen LogP contribution in [0.15, 0.2) is 18.2 Å². The Morgan fingerprint density at radius 3 is 2.76 bits per heavy atom. The van der Waals surface area contributed by atoms with Crippen molar-refractivity contribution in [1.29, 1.82) is 0 Å². The van der Waals surface area contributed by atoms with Gasteiger partial charge in [0.2, 0.25) is 0 Å². The van der Waals surface area contributed by atoms with Crippen LogP contribution in [0.3, 0.4) is 0 Å². The van der Waals surface area contributed by atoms with Crippen LogP contribution in [0.2, 0.25) is 0 Å². The van der Waals surface area contributed by atoms with Crippen LogP contribution in [0.1, 0.15) is 43.2 Å². The first-order valence-electron chi connectivity index (χ1n) is 6.58. The SMILES string of the molecule is Cc1ccc(F)cc1CC(O)CC1CCCC1. The lowest BCUT2D eigenvalue weighted by Crippen LogP contribution is -2.15. The van der Waals surface area contributed by atoms with E-state index in [2.05, 4.69) is 0 Å². The van der Waals surface area contributed by atoms with Crippen LogP contribution >= 0.6 is 0 Å². The Kier molecular flexibility index (Phi) is 4.16. The average Bonchev–Trinajstić information content (AvgIpc) is 2.76. The lowest BCUT2D eigenvalue weighted by atomic mass is 9.94. The standard InChI is InChI=1S/C15H21FO/c1-11-6-7-14(16)9-13(11)10-15(17)8-12-4-2-3-5-12/h6-7,9,12,15,17H,2-5,8,10H2,1H3. The van der Waals surface area contributed by atoms with Gasteiger partial charge in [-0.1, -0.05) is 31.7 Å². The molecule has 1 unspecified atom stereocenters. The van der Waals surface area contributed by atoms with Gasteiger partial charge < -0.3 is 5.11 Å². The zero-order chi connectivity index (χ0) is 12.3. The van der Waals surface area contributed by atoms with Gasteiger partial charge in [-0.15, -0.1) is 0 Å². The first kappa shape index (κ1) is 12.6. The molecule has 0 saturated heterocycles. The molecule has 0 aliphatic heterocycles. The van der Waals surface area contributed by atoms with Crippen LogP contribution in [0.25, 0.3) is 0 Å². The summed E-state index contributed by atoms with van der Waals surface area (Å²) in [6, 6.07) is 4.81. The molecule has 17 heavy (non-hydrogen) atoms. The zero-order valence-corrected chi connectivity index (χ0v) is 10.5. The van der Waals surface area contributed by atoms with Crippen molar-refractivity contribution in [2.45, 2.75) is 51.6 Å². The summed E-state index contributed by atoms with van der Waals surface area (Å²) in [6.45, 7) is 1.97. The van der Waals surface area contributed by atoms with Crippen molar-refractivity contribution in [3.05, 3.63) is 35.1 Å². The van der Waals surface area contributed by atoms with Crippen LogP contribution in [0.4, 0.5) is 4.39 Å². The first-order chi connectivity index (χ1) is 8.15. The third kappa shape index (κ3) is 3.53. The van der Waals surface area contributed by atoms with Crippen molar-refractivity contribution in [2.75, 3.05) is 0 Å². The minimum absolute atomic E-state index is 0.210. The smallest absolute Gasteiger partial charge is 0.123 e. The van der Waals surface area contributed by atoms with Crippen molar-refractivity contribution in [3.63, 3.8) is 0 Å². The van der Waals surface area contributed by atoms with Crippen molar-refractivity contribution in [3.8, 4) is 0 Å². The number of rotatable bonds is 4. The third-order valence-corrected chi connectivity index (χ3v) is 3.85. The molecule has 2 heteroatoms. The Labute approximate surface area is 103 Å². The minimum Gasteiger partial charge on any atom is -0.393 e. The molecule has 1 N–H and O–H groups in total.